The molecule has 0 aromatic heterocycles. The smallest absolute Gasteiger partial charge is 0.239 e. The summed E-state index contributed by atoms with van der Waals surface area (Å²) in [6.45, 7) is 9.91. The van der Waals surface area contributed by atoms with Crippen LogP contribution in [0, 0.1) is 19.3 Å². The van der Waals surface area contributed by atoms with Crippen LogP contribution in [0.5, 0.6) is 0 Å². The number of carbonyl (C=O) groups excluding carboxylic acids is 2. The number of anilines is 1. The number of amides is 2. The monoisotopic (exact) mass is 290 g/mol. The fourth-order valence-corrected chi connectivity index (χ4v) is 1.87. The fraction of sp³-hybridized carbons (Fsp3) is 0.529. The first-order chi connectivity index (χ1) is 9.80. The van der Waals surface area contributed by atoms with Gasteiger partial charge in [-0.2, -0.15) is 0 Å². The first-order valence-corrected chi connectivity index (χ1v) is 7.46. The quantitative estimate of drug-likeness (QED) is 0.624. The van der Waals surface area contributed by atoms with Crippen molar-refractivity contribution in [2.45, 2.75) is 47.5 Å². The van der Waals surface area contributed by atoms with Crippen molar-refractivity contribution in [2.75, 3.05) is 11.9 Å². The summed E-state index contributed by atoms with van der Waals surface area (Å²) in [7, 11) is 0. The second-order valence-corrected chi connectivity index (χ2v) is 5.94. The van der Waals surface area contributed by atoms with Gasteiger partial charge in [0, 0.05) is 12.2 Å². The molecule has 1 aromatic carbocycles. The van der Waals surface area contributed by atoms with Gasteiger partial charge < -0.3 is 10.6 Å². The van der Waals surface area contributed by atoms with Gasteiger partial charge in [0.15, 0.2) is 0 Å². The molecule has 0 heterocycles. The molecule has 0 saturated carbocycles. The third kappa shape index (κ3) is 4.31. The van der Waals surface area contributed by atoms with E-state index in [2.05, 4.69) is 17.6 Å². The topological polar surface area (TPSA) is 58.2 Å². The van der Waals surface area contributed by atoms with Crippen LogP contribution in [0.2, 0.25) is 0 Å². The molecule has 1 rings (SSSR count). The first kappa shape index (κ1) is 17.2. The van der Waals surface area contributed by atoms with Crippen molar-refractivity contribution in [2.24, 2.45) is 5.41 Å². The Hall–Kier alpha value is -1.84. The average molecular weight is 290 g/mol. The third-order valence-corrected chi connectivity index (χ3v) is 3.80. The molecule has 4 nitrogen and oxygen atoms in total. The van der Waals surface area contributed by atoms with E-state index in [9.17, 15) is 9.59 Å². The normalized spacial score (nSPS) is 11.1. The molecule has 0 spiro atoms. The number of carbonyl (C=O) groups is 2. The molecule has 0 saturated heterocycles. The highest BCUT2D eigenvalue weighted by Gasteiger charge is 2.36. The molecule has 0 fully saturated rings. The Morgan fingerprint density at radius 3 is 2.43 bits per heavy atom. The lowest BCUT2D eigenvalue weighted by molar-refractivity contribution is -0.138. The molecule has 0 unspecified atom stereocenters. The van der Waals surface area contributed by atoms with Gasteiger partial charge in [-0.05, 0) is 51.3 Å². The Balaban J connectivity index is 2.77. The minimum absolute atomic E-state index is 0.237. The maximum absolute atomic E-state index is 12.4. The maximum Gasteiger partial charge on any atom is 0.239 e. The summed E-state index contributed by atoms with van der Waals surface area (Å²) in [6, 6.07) is 5.74. The zero-order valence-electron chi connectivity index (χ0n) is 13.7. The molecule has 0 bridgehead atoms. The molecule has 2 N–H and O–H groups in total. The van der Waals surface area contributed by atoms with Crippen molar-refractivity contribution in [3.05, 3.63) is 29.3 Å². The van der Waals surface area contributed by atoms with Crippen LogP contribution in [-0.2, 0) is 9.59 Å². The highest BCUT2D eigenvalue weighted by molar-refractivity contribution is 6.10. The number of hydrogen-bond acceptors (Lipinski definition) is 2. The summed E-state index contributed by atoms with van der Waals surface area (Å²) in [6.07, 6.45) is 1.93. The predicted molar refractivity (Wildman–Crippen MR) is 86.2 cm³/mol. The lowest BCUT2D eigenvalue weighted by Gasteiger charge is -2.23. The Bertz CT molecular complexity index is 522. The predicted octanol–water partition coefficient (Wildman–Crippen LogP) is 3.18. The van der Waals surface area contributed by atoms with E-state index in [0.717, 1.165) is 29.7 Å². The summed E-state index contributed by atoms with van der Waals surface area (Å²) in [5.41, 5.74) is 1.80. The van der Waals surface area contributed by atoms with Crippen molar-refractivity contribution in [3.63, 3.8) is 0 Å². The zero-order chi connectivity index (χ0) is 16.0. The van der Waals surface area contributed by atoms with Gasteiger partial charge in [-0.25, -0.2) is 0 Å². The molecule has 0 aliphatic carbocycles. The molecule has 2 amide bonds. The first-order valence-electron chi connectivity index (χ1n) is 7.46. The number of nitrogens with one attached hydrogen (secondary N) is 2. The maximum atomic E-state index is 12.4. The highest BCUT2D eigenvalue weighted by atomic mass is 16.2. The Labute approximate surface area is 127 Å². The van der Waals surface area contributed by atoms with Gasteiger partial charge in [0.1, 0.15) is 5.41 Å². The Kier molecular flexibility index (Phi) is 5.94. The van der Waals surface area contributed by atoms with Crippen LogP contribution >= 0.6 is 0 Å². The van der Waals surface area contributed by atoms with Crippen LogP contribution in [0.1, 0.15) is 44.7 Å². The zero-order valence-corrected chi connectivity index (χ0v) is 13.7. The van der Waals surface area contributed by atoms with E-state index in [1.165, 1.54) is 0 Å². The van der Waals surface area contributed by atoms with Crippen molar-refractivity contribution < 1.29 is 9.59 Å². The summed E-state index contributed by atoms with van der Waals surface area (Å²) < 4.78 is 0. The molecule has 116 valence electrons. The van der Waals surface area contributed by atoms with E-state index in [0.29, 0.717) is 6.54 Å². The Morgan fingerprint density at radius 2 is 1.81 bits per heavy atom. The second kappa shape index (κ2) is 7.25. The standard InChI is InChI=1S/C17H26N2O2/c1-6-7-11-18-15(20)17(4,5)16(21)19-14-10-8-9-12(2)13(14)3/h8-10H,6-7,11H2,1-5H3,(H,18,20)(H,19,21). The second-order valence-electron chi connectivity index (χ2n) is 5.94. The highest BCUT2D eigenvalue weighted by Crippen LogP contribution is 2.22. The van der Waals surface area contributed by atoms with Crippen molar-refractivity contribution >= 4 is 17.5 Å². The molecule has 4 heteroatoms. The van der Waals surface area contributed by atoms with Gasteiger partial charge in [0.05, 0.1) is 0 Å². The minimum Gasteiger partial charge on any atom is -0.355 e. The van der Waals surface area contributed by atoms with E-state index in [1.807, 2.05) is 32.0 Å². The molecule has 0 atom stereocenters. The van der Waals surface area contributed by atoms with Gasteiger partial charge in [-0.15, -0.1) is 0 Å². The van der Waals surface area contributed by atoms with Gasteiger partial charge >= 0.3 is 0 Å². The van der Waals surface area contributed by atoms with Crippen LogP contribution in [0.15, 0.2) is 18.2 Å². The van der Waals surface area contributed by atoms with Crippen LogP contribution in [0.25, 0.3) is 0 Å². The van der Waals surface area contributed by atoms with Gasteiger partial charge in [-0.3, -0.25) is 9.59 Å². The van der Waals surface area contributed by atoms with Crippen molar-refractivity contribution in [1.29, 1.82) is 0 Å². The van der Waals surface area contributed by atoms with Crippen molar-refractivity contribution in [1.82, 2.24) is 5.32 Å². The largest absolute Gasteiger partial charge is 0.355 e. The average Bonchev–Trinajstić information content (AvgIpc) is 2.43. The number of benzene rings is 1. The van der Waals surface area contributed by atoms with Gasteiger partial charge in [0.2, 0.25) is 11.8 Å². The van der Waals surface area contributed by atoms with Crippen LogP contribution in [0.3, 0.4) is 0 Å². The van der Waals surface area contributed by atoms with Crippen molar-refractivity contribution in [3.8, 4) is 0 Å². The Morgan fingerprint density at radius 1 is 1.14 bits per heavy atom. The molecular formula is C17H26N2O2. The van der Waals surface area contributed by atoms with Gasteiger partial charge in [-0.1, -0.05) is 25.5 Å². The summed E-state index contributed by atoms with van der Waals surface area (Å²) in [5, 5.41) is 5.68. The van der Waals surface area contributed by atoms with Crippen LogP contribution in [0.4, 0.5) is 5.69 Å². The summed E-state index contributed by atoms with van der Waals surface area (Å²) >= 11 is 0. The van der Waals surface area contributed by atoms with Crippen LogP contribution < -0.4 is 10.6 Å². The third-order valence-electron chi connectivity index (χ3n) is 3.80. The SMILES string of the molecule is CCCCNC(=O)C(C)(C)C(=O)Nc1cccc(C)c1C. The molecule has 0 aliphatic rings. The van der Waals surface area contributed by atoms with Crippen LogP contribution in [-0.4, -0.2) is 18.4 Å². The molecule has 0 aliphatic heterocycles. The van der Waals surface area contributed by atoms with E-state index in [1.54, 1.807) is 13.8 Å². The summed E-state index contributed by atoms with van der Waals surface area (Å²) in [5.74, 6) is -0.524. The van der Waals surface area contributed by atoms with E-state index >= 15 is 0 Å². The molecule has 1 aromatic rings. The summed E-state index contributed by atoms with van der Waals surface area (Å²) in [4.78, 5) is 24.6. The lowest BCUT2D eigenvalue weighted by Crippen LogP contribution is -2.45. The number of hydrogen-bond donors (Lipinski definition) is 2. The van der Waals surface area contributed by atoms with Gasteiger partial charge in [0.25, 0.3) is 0 Å². The molecule has 21 heavy (non-hydrogen) atoms. The number of unbranched alkanes of at least 4 members (excludes halogenated alkanes) is 1. The molecular weight excluding hydrogens is 264 g/mol. The minimum atomic E-state index is -1.09. The number of rotatable bonds is 6. The number of aryl methyl sites for hydroxylation is 1. The van der Waals surface area contributed by atoms with E-state index < -0.39 is 5.41 Å². The molecule has 0 radical (unpaired) electrons. The fourth-order valence-electron chi connectivity index (χ4n) is 1.87. The van der Waals surface area contributed by atoms with E-state index in [4.69, 9.17) is 0 Å². The van der Waals surface area contributed by atoms with E-state index in [-0.39, 0.29) is 11.8 Å². The lowest BCUT2D eigenvalue weighted by atomic mass is 9.90.